The lowest BCUT2D eigenvalue weighted by molar-refractivity contribution is 0.102. The molecule has 0 aliphatic heterocycles. The van der Waals surface area contributed by atoms with Crippen LogP contribution in [0.1, 0.15) is 22.0 Å². The second kappa shape index (κ2) is 10.3. The standard InChI is InChI=1S/C24H22FN5O2S/c1-30(2)15-21(16-6-4-3-5-7-16)32-20-9-8-18(14-19(20)25)22(31)27-24-29-28-23(33-24)17-10-12-26-13-11-17/h3-14,21H,15H2,1-2H3,(H,27,29,31)/t21-/m0/s1. The minimum absolute atomic E-state index is 0.0816. The van der Waals surface area contributed by atoms with Gasteiger partial charge in [0.15, 0.2) is 11.6 Å². The fourth-order valence-electron chi connectivity index (χ4n) is 3.16. The molecule has 0 bridgehead atoms. The van der Waals surface area contributed by atoms with Crippen LogP contribution in [-0.2, 0) is 0 Å². The maximum atomic E-state index is 14.8. The van der Waals surface area contributed by atoms with E-state index in [1.54, 1.807) is 24.5 Å². The Morgan fingerprint density at radius 3 is 2.55 bits per heavy atom. The van der Waals surface area contributed by atoms with Gasteiger partial charge in [-0.3, -0.25) is 15.1 Å². The van der Waals surface area contributed by atoms with E-state index < -0.39 is 11.7 Å². The number of likely N-dealkylation sites (N-methyl/N-ethyl adjacent to an activating group) is 1. The molecule has 1 N–H and O–H groups in total. The van der Waals surface area contributed by atoms with E-state index in [0.717, 1.165) is 17.2 Å². The lowest BCUT2D eigenvalue weighted by Gasteiger charge is -2.23. The van der Waals surface area contributed by atoms with Crippen molar-refractivity contribution in [3.63, 3.8) is 0 Å². The maximum absolute atomic E-state index is 14.8. The summed E-state index contributed by atoms with van der Waals surface area (Å²) in [5, 5.41) is 11.7. The number of carbonyl (C=O) groups is 1. The molecular weight excluding hydrogens is 441 g/mol. The number of aromatic nitrogens is 3. The third-order valence-electron chi connectivity index (χ3n) is 4.74. The van der Waals surface area contributed by atoms with Crippen LogP contribution in [0.15, 0.2) is 73.1 Å². The van der Waals surface area contributed by atoms with Gasteiger partial charge in [0.25, 0.3) is 5.91 Å². The fourth-order valence-corrected chi connectivity index (χ4v) is 3.90. The number of halogens is 1. The Labute approximate surface area is 194 Å². The Bertz CT molecular complexity index is 1220. The quantitative estimate of drug-likeness (QED) is 0.409. The first-order valence-electron chi connectivity index (χ1n) is 10.2. The highest BCUT2D eigenvalue weighted by Crippen LogP contribution is 2.28. The van der Waals surface area contributed by atoms with Gasteiger partial charge in [-0.1, -0.05) is 41.7 Å². The average Bonchev–Trinajstić information content (AvgIpc) is 3.29. The molecule has 0 saturated carbocycles. The molecule has 2 aromatic heterocycles. The summed E-state index contributed by atoms with van der Waals surface area (Å²) >= 11 is 1.22. The van der Waals surface area contributed by atoms with Crippen LogP contribution < -0.4 is 10.1 Å². The van der Waals surface area contributed by atoms with Gasteiger partial charge >= 0.3 is 0 Å². The van der Waals surface area contributed by atoms with E-state index in [1.807, 2.05) is 49.3 Å². The summed E-state index contributed by atoms with van der Waals surface area (Å²) in [6.07, 6.45) is 2.95. The van der Waals surface area contributed by atoms with Crippen LogP contribution in [0.2, 0.25) is 0 Å². The zero-order valence-electron chi connectivity index (χ0n) is 18.1. The summed E-state index contributed by atoms with van der Waals surface area (Å²) < 4.78 is 20.8. The van der Waals surface area contributed by atoms with E-state index in [4.69, 9.17) is 4.74 Å². The van der Waals surface area contributed by atoms with E-state index in [1.165, 1.54) is 23.5 Å². The topological polar surface area (TPSA) is 80.2 Å². The average molecular weight is 464 g/mol. The van der Waals surface area contributed by atoms with Gasteiger partial charge < -0.3 is 9.64 Å². The largest absolute Gasteiger partial charge is 0.481 e. The molecule has 9 heteroatoms. The SMILES string of the molecule is CN(C)C[C@H](Oc1ccc(C(=O)Nc2nnc(-c3ccncc3)s2)cc1F)c1ccccc1. The number of rotatable bonds is 8. The van der Waals surface area contributed by atoms with E-state index in [0.29, 0.717) is 16.7 Å². The van der Waals surface area contributed by atoms with E-state index in [-0.39, 0.29) is 17.4 Å². The summed E-state index contributed by atoms with van der Waals surface area (Å²) in [4.78, 5) is 18.6. The third-order valence-corrected chi connectivity index (χ3v) is 5.63. The zero-order chi connectivity index (χ0) is 23.2. The van der Waals surface area contributed by atoms with Crippen LogP contribution in [0.5, 0.6) is 5.75 Å². The highest BCUT2D eigenvalue weighted by Gasteiger charge is 2.18. The van der Waals surface area contributed by atoms with E-state index >= 15 is 0 Å². The van der Waals surface area contributed by atoms with Crippen molar-refractivity contribution in [1.82, 2.24) is 20.1 Å². The monoisotopic (exact) mass is 463 g/mol. The predicted octanol–water partition coefficient (Wildman–Crippen LogP) is 4.67. The van der Waals surface area contributed by atoms with Gasteiger partial charge in [0, 0.05) is 30.1 Å². The number of anilines is 1. The Balaban J connectivity index is 1.46. The molecule has 2 aromatic carbocycles. The molecule has 168 valence electrons. The van der Waals surface area contributed by atoms with Crippen LogP contribution in [-0.4, -0.2) is 46.6 Å². The Morgan fingerprint density at radius 2 is 1.85 bits per heavy atom. The first-order chi connectivity index (χ1) is 16.0. The number of amides is 1. The summed E-state index contributed by atoms with van der Waals surface area (Å²) in [6.45, 7) is 0.572. The van der Waals surface area contributed by atoms with Crippen molar-refractivity contribution in [3.8, 4) is 16.3 Å². The molecule has 0 saturated heterocycles. The second-order valence-electron chi connectivity index (χ2n) is 7.53. The van der Waals surface area contributed by atoms with Crippen LogP contribution in [0.4, 0.5) is 9.52 Å². The molecule has 33 heavy (non-hydrogen) atoms. The van der Waals surface area contributed by atoms with Crippen molar-refractivity contribution in [2.75, 3.05) is 26.0 Å². The second-order valence-corrected chi connectivity index (χ2v) is 8.50. The van der Waals surface area contributed by atoms with Crippen molar-refractivity contribution < 1.29 is 13.9 Å². The molecule has 0 aliphatic carbocycles. The summed E-state index contributed by atoms with van der Waals surface area (Å²) in [5.74, 6) is -1.01. The van der Waals surface area contributed by atoms with Crippen molar-refractivity contribution in [2.24, 2.45) is 0 Å². The Hall–Kier alpha value is -3.69. The molecule has 0 aliphatic rings. The Kier molecular flexibility index (Phi) is 7.01. The molecule has 7 nitrogen and oxygen atoms in total. The lowest BCUT2D eigenvalue weighted by Crippen LogP contribution is -2.24. The summed E-state index contributed by atoms with van der Waals surface area (Å²) in [6, 6.07) is 17.4. The number of nitrogens with zero attached hydrogens (tertiary/aromatic N) is 4. The van der Waals surface area contributed by atoms with Gasteiger partial charge in [0.05, 0.1) is 0 Å². The van der Waals surface area contributed by atoms with E-state index in [2.05, 4.69) is 20.5 Å². The lowest BCUT2D eigenvalue weighted by atomic mass is 10.1. The molecule has 0 radical (unpaired) electrons. The first kappa shape index (κ1) is 22.5. The smallest absolute Gasteiger partial charge is 0.257 e. The molecule has 1 amide bonds. The van der Waals surface area contributed by atoms with Gasteiger partial charge in [-0.15, -0.1) is 10.2 Å². The third kappa shape index (κ3) is 5.76. The zero-order valence-corrected chi connectivity index (χ0v) is 18.9. The number of hydrogen-bond donors (Lipinski definition) is 1. The maximum Gasteiger partial charge on any atom is 0.257 e. The van der Waals surface area contributed by atoms with Gasteiger partial charge in [0.2, 0.25) is 5.13 Å². The molecule has 1 atom stereocenters. The molecule has 0 fully saturated rings. The number of pyridine rings is 1. The molecule has 4 aromatic rings. The summed E-state index contributed by atoms with van der Waals surface area (Å²) in [5.41, 5.74) is 1.94. The van der Waals surface area contributed by atoms with Crippen LogP contribution >= 0.6 is 11.3 Å². The normalized spacial score (nSPS) is 11.9. The van der Waals surface area contributed by atoms with Crippen LogP contribution in [0, 0.1) is 5.82 Å². The highest BCUT2D eigenvalue weighted by atomic mass is 32.1. The van der Waals surface area contributed by atoms with Crippen molar-refractivity contribution in [1.29, 1.82) is 0 Å². The predicted molar refractivity (Wildman–Crippen MR) is 126 cm³/mol. The molecule has 4 rings (SSSR count). The number of benzene rings is 2. The number of ether oxygens (including phenoxy) is 1. The summed E-state index contributed by atoms with van der Waals surface area (Å²) in [7, 11) is 3.85. The molecular formula is C24H22FN5O2S. The Morgan fingerprint density at radius 1 is 1.09 bits per heavy atom. The van der Waals surface area contributed by atoms with Gasteiger partial charge in [-0.2, -0.15) is 0 Å². The van der Waals surface area contributed by atoms with Crippen LogP contribution in [0.3, 0.4) is 0 Å². The molecule has 2 heterocycles. The highest BCUT2D eigenvalue weighted by molar-refractivity contribution is 7.18. The number of hydrogen-bond acceptors (Lipinski definition) is 7. The van der Waals surface area contributed by atoms with Gasteiger partial charge in [-0.05, 0) is 50.0 Å². The van der Waals surface area contributed by atoms with Gasteiger partial charge in [0.1, 0.15) is 11.1 Å². The van der Waals surface area contributed by atoms with Crippen molar-refractivity contribution in [2.45, 2.75) is 6.10 Å². The van der Waals surface area contributed by atoms with Crippen LogP contribution in [0.25, 0.3) is 10.6 Å². The van der Waals surface area contributed by atoms with Gasteiger partial charge in [-0.25, -0.2) is 4.39 Å². The van der Waals surface area contributed by atoms with E-state index in [9.17, 15) is 9.18 Å². The minimum atomic E-state index is -0.614. The molecule has 0 unspecified atom stereocenters. The number of nitrogens with one attached hydrogen (secondary N) is 1. The minimum Gasteiger partial charge on any atom is -0.481 e. The van der Waals surface area contributed by atoms with Crippen molar-refractivity contribution >= 4 is 22.4 Å². The van der Waals surface area contributed by atoms with Crippen molar-refractivity contribution in [3.05, 3.63) is 90.0 Å². The number of carbonyl (C=O) groups excluding carboxylic acids is 1. The molecule has 0 spiro atoms. The first-order valence-corrected chi connectivity index (χ1v) is 11.0. The fraction of sp³-hybridized carbons (Fsp3) is 0.167.